The van der Waals surface area contributed by atoms with Gasteiger partial charge in [-0.05, 0) is 76.3 Å². The highest BCUT2D eigenvalue weighted by Crippen LogP contribution is 2.57. The molecule has 0 nitrogen and oxygen atoms in total. The summed E-state index contributed by atoms with van der Waals surface area (Å²) in [4.78, 5) is 0. The Bertz CT molecular complexity index is 1800. The molecule has 1 spiro atoms. The average Bonchev–Trinajstić information content (AvgIpc) is 3.74. The lowest BCUT2D eigenvalue weighted by Crippen LogP contribution is -2.29. The zero-order chi connectivity index (χ0) is 34.4. The van der Waals surface area contributed by atoms with Gasteiger partial charge in [0.15, 0.2) is 0 Å². The molecule has 0 heterocycles. The first kappa shape index (κ1) is 35.9. The molecule has 244 valence electrons. The van der Waals surface area contributed by atoms with E-state index in [0.29, 0.717) is 0 Å². The Labute approximate surface area is 291 Å². The van der Waals surface area contributed by atoms with Gasteiger partial charge in [-0.1, -0.05) is 210 Å². The fraction of sp³-hybridized carbons (Fsp3) is 0.208. The van der Waals surface area contributed by atoms with E-state index in [1.54, 1.807) is 0 Å². The van der Waals surface area contributed by atoms with Crippen LogP contribution < -0.4 is 0 Å². The molecule has 0 saturated heterocycles. The average molecular weight is 629 g/mol. The van der Waals surface area contributed by atoms with Crippen molar-refractivity contribution in [2.24, 2.45) is 0 Å². The van der Waals surface area contributed by atoms with Gasteiger partial charge in [-0.3, -0.25) is 0 Å². The quantitative estimate of drug-likeness (QED) is 0.193. The van der Waals surface area contributed by atoms with E-state index in [1.807, 2.05) is 39.8 Å². The normalized spacial score (nSPS) is 16.9. The lowest BCUT2D eigenvalue weighted by molar-refractivity contribution is 0.742. The van der Waals surface area contributed by atoms with E-state index in [9.17, 15) is 0 Å². The lowest BCUT2D eigenvalue weighted by atomic mass is 9.66. The summed E-state index contributed by atoms with van der Waals surface area (Å²) in [5, 5.41) is 0. The predicted molar refractivity (Wildman–Crippen MR) is 212 cm³/mol. The fourth-order valence-corrected chi connectivity index (χ4v) is 7.04. The van der Waals surface area contributed by atoms with Gasteiger partial charge in [-0.25, -0.2) is 0 Å². The third kappa shape index (κ3) is 7.45. The highest BCUT2D eigenvalue weighted by atomic mass is 14.5. The molecule has 0 fully saturated rings. The number of rotatable bonds is 5. The summed E-state index contributed by atoms with van der Waals surface area (Å²) in [6.45, 7) is 16.2. The molecular formula is C48H52. The molecule has 3 aliphatic rings. The number of fused-ring (bicyclic) bond motifs is 7. The van der Waals surface area contributed by atoms with Gasteiger partial charge in [-0.15, -0.1) is 0 Å². The Hall–Kier alpha value is -4.94. The molecular weight excluding hydrogens is 577 g/mol. The standard InChI is InChI=1S/C28H24.C16H16.2C2H6/c1-3-21-13-11-19-25-22(21)14-6-4-5-12-20(2)28(25)26-17-9-7-15-23(26)24-16-8-10-18-27(24)28;1-2-3-7-15-10-11-16(13-15)12-14-8-5-4-6-9-14;2*1-2/h4-19H,3H2,1-2H3;2-11H,1,12-13H2;2*1-2H3/b5-4-,14-6-,20-12+;7-3+;;. The summed E-state index contributed by atoms with van der Waals surface area (Å²) >= 11 is 0. The Balaban J connectivity index is 0.000000222. The first-order valence-electron chi connectivity index (χ1n) is 17.7. The Morgan fingerprint density at radius 2 is 1.29 bits per heavy atom. The largest absolute Gasteiger partial charge is 0.0991 e. The van der Waals surface area contributed by atoms with Gasteiger partial charge in [0.2, 0.25) is 0 Å². The summed E-state index contributed by atoms with van der Waals surface area (Å²) in [5.41, 5.74) is 15.0. The van der Waals surface area contributed by atoms with Crippen LogP contribution in [0.3, 0.4) is 0 Å². The van der Waals surface area contributed by atoms with E-state index in [2.05, 4.69) is 166 Å². The second kappa shape index (κ2) is 17.8. The van der Waals surface area contributed by atoms with Crippen LogP contribution in [0.2, 0.25) is 0 Å². The van der Waals surface area contributed by atoms with Crippen molar-refractivity contribution in [3.63, 3.8) is 0 Å². The highest BCUT2D eigenvalue weighted by Gasteiger charge is 2.46. The molecule has 0 N–H and O–H groups in total. The van der Waals surface area contributed by atoms with Crippen LogP contribution in [-0.2, 0) is 18.3 Å². The van der Waals surface area contributed by atoms with Crippen molar-refractivity contribution in [1.29, 1.82) is 0 Å². The molecule has 0 unspecified atom stereocenters. The van der Waals surface area contributed by atoms with Crippen molar-refractivity contribution in [2.45, 2.75) is 66.2 Å². The third-order valence-corrected chi connectivity index (χ3v) is 9.04. The number of aryl methyl sites for hydroxylation is 1. The van der Waals surface area contributed by atoms with Gasteiger partial charge >= 0.3 is 0 Å². The summed E-state index contributed by atoms with van der Waals surface area (Å²) in [7, 11) is 0. The van der Waals surface area contributed by atoms with Gasteiger partial charge in [0.1, 0.15) is 0 Å². The fourth-order valence-electron chi connectivity index (χ4n) is 7.04. The minimum absolute atomic E-state index is 0.257. The van der Waals surface area contributed by atoms with Crippen LogP contribution in [-0.4, -0.2) is 0 Å². The van der Waals surface area contributed by atoms with Crippen LogP contribution in [0.15, 0.2) is 175 Å². The molecule has 0 aromatic heterocycles. The zero-order valence-electron chi connectivity index (χ0n) is 29.8. The molecule has 0 saturated carbocycles. The van der Waals surface area contributed by atoms with E-state index >= 15 is 0 Å². The second-order valence-electron chi connectivity index (χ2n) is 11.7. The number of hydrogen-bond donors (Lipinski definition) is 0. The SMILES string of the molecule is C=C/C=C/C1=CC=C(Cc2ccccc2)C1.CC.CC.CCc1cccc2c1\C=C/C=C\C=C(/C)C21c2ccccc2-c2ccccc21. The van der Waals surface area contributed by atoms with Crippen LogP contribution >= 0.6 is 0 Å². The maximum atomic E-state index is 3.68. The van der Waals surface area contributed by atoms with Crippen molar-refractivity contribution in [3.8, 4) is 11.1 Å². The molecule has 0 radical (unpaired) electrons. The minimum atomic E-state index is -0.257. The van der Waals surface area contributed by atoms with Crippen molar-refractivity contribution in [2.75, 3.05) is 0 Å². The van der Waals surface area contributed by atoms with E-state index in [4.69, 9.17) is 0 Å². The van der Waals surface area contributed by atoms with E-state index < -0.39 is 0 Å². The molecule has 7 rings (SSSR count). The van der Waals surface area contributed by atoms with E-state index in [0.717, 1.165) is 19.3 Å². The number of hydrogen-bond acceptors (Lipinski definition) is 0. The molecule has 0 atom stereocenters. The first-order valence-corrected chi connectivity index (χ1v) is 17.7. The van der Waals surface area contributed by atoms with Crippen molar-refractivity contribution in [1.82, 2.24) is 0 Å². The highest BCUT2D eigenvalue weighted by molar-refractivity contribution is 5.87. The molecule has 3 aliphatic carbocycles. The van der Waals surface area contributed by atoms with Crippen LogP contribution in [0, 0.1) is 0 Å². The topological polar surface area (TPSA) is 0 Å². The van der Waals surface area contributed by atoms with Gasteiger partial charge in [0.25, 0.3) is 0 Å². The summed E-state index contributed by atoms with van der Waals surface area (Å²) in [6, 6.07) is 35.3. The monoisotopic (exact) mass is 628 g/mol. The molecule has 0 amide bonds. The molecule has 4 aromatic carbocycles. The van der Waals surface area contributed by atoms with Gasteiger partial charge in [-0.2, -0.15) is 0 Å². The summed E-state index contributed by atoms with van der Waals surface area (Å²) in [6.07, 6.45) is 24.6. The summed E-state index contributed by atoms with van der Waals surface area (Å²) < 4.78 is 0. The number of benzene rings is 4. The smallest absolute Gasteiger partial charge is 0.0679 e. The zero-order valence-corrected chi connectivity index (χ0v) is 29.8. The van der Waals surface area contributed by atoms with Gasteiger partial charge < -0.3 is 0 Å². The van der Waals surface area contributed by atoms with Crippen LogP contribution in [0.5, 0.6) is 0 Å². The molecule has 0 bridgehead atoms. The molecule has 48 heavy (non-hydrogen) atoms. The second-order valence-corrected chi connectivity index (χ2v) is 11.7. The van der Waals surface area contributed by atoms with Crippen LogP contribution in [0.4, 0.5) is 0 Å². The van der Waals surface area contributed by atoms with Crippen molar-refractivity contribution in [3.05, 3.63) is 208 Å². The Morgan fingerprint density at radius 1 is 0.667 bits per heavy atom. The van der Waals surface area contributed by atoms with Crippen LogP contribution in [0.1, 0.15) is 81.3 Å². The van der Waals surface area contributed by atoms with Crippen molar-refractivity contribution < 1.29 is 0 Å². The Kier molecular flexibility index (Phi) is 13.3. The molecule has 4 aromatic rings. The van der Waals surface area contributed by atoms with Crippen molar-refractivity contribution >= 4 is 6.08 Å². The summed E-state index contributed by atoms with van der Waals surface area (Å²) in [5.74, 6) is 0. The van der Waals surface area contributed by atoms with Gasteiger partial charge in [0.05, 0.1) is 5.41 Å². The maximum Gasteiger partial charge on any atom is 0.0679 e. The molecule has 0 aliphatic heterocycles. The van der Waals surface area contributed by atoms with Gasteiger partial charge in [0, 0.05) is 0 Å². The predicted octanol–water partition coefficient (Wildman–Crippen LogP) is 13.4. The third-order valence-electron chi connectivity index (χ3n) is 9.04. The van der Waals surface area contributed by atoms with E-state index in [1.165, 1.54) is 61.2 Å². The van der Waals surface area contributed by atoms with E-state index in [-0.39, 0.29) is 5.41 Å². The lowest BCUT2D eigenvalue weighted by Gasteiger charge is -2.36. The first-order chi connectivity index (χ1) is 23.7. The number of allylic oxidation sites excluding steroid dienone is 12. The van der Waals surface area contributed by atoms with Crippen LogP contribution in [0.25, 0.3) is 17.2 Å². The molecule has 0 heteroatoms. The maximum absolute atomic E-state index is 3.68. The minimum Gasteiger partial charge on any atom is -0.0991 e. The Morgan fingerprint density at radius 3 is 1.94 bits per heavy atom.